The number of carbonyl (C=O) groups is 1. The number of amides is 1. The molecule has 1 amide bonds. The van der Waals surface area contributed by atoms with Crippen molar-refractivity contribution in [3.05, 3.63) is 82.8 Å². The lowest BCUT2D eigenvalue weighted by Gasteiger charge is -2.35. The van der Waals surface area contributed by atoms with Gasteiger partial charge in [0.25, 0.3) is 5.91 Å². The van der Waals surface area contributed by atoms with Crippen molar-refractivity contribution in [2.75, 3.05) is 0 Å². The molecule has 10 heteroatoms. The lowest BCUT2D eigenvalue weighted by molar-refractivity contribution is 0.0908. The van der Waals surface area contributed by atoms with E-state index in [1.807, 2.05) is 46.3 Å². The molecule has 8 nitrogen and oxygen atoms in total. The summed E-state index contributed by atoms with van der Waals surface area (Å²) in [6.45, 7) is 0. The first-order valence-corrected chi connectivity index (χ1v) is 12.1. The maximum Gasteiger partial charge on any atom is 0.253 e. The molecule has 6 rings (SSSR count). The van der Waals surface area contributed by atoms with Crippen molar-refractivity contribution in [2.24, 2.45) is 0 Å². The van der Waals surface area contributed by atoms with Gasteiger partial charge in [-0.1, -0.05) is 23.7 Å². The summed E-state index contributed by atoms with van der Waals surface area (Å²) in [5.74, 6) is 1.47. The quantitative estimate of drug-likeness (QED) is 0.387. The first kappa shape index (κ1) is 20.9. The third kappa shape index (κ3) is 3.63. The van der Waals surface area contributed by atoms with Crippen molar-refractivity contribution < 1.29 is 4.79 Å². The summed E-state index contributed by atoms with van der Waals surface area (Å²) in [6.07, 6.45) is 6.56. The highest BCUT2D eigenvalue weighted by atomic mass is 35.5. The van der Waals surface area contributed by atoms with Gasteiger partial charge in [-0.05, 0) is 43.2 Å². The highest BCUT2D eigenvalue weighted by Crippen LogP contribution is 2.40. The minimum atomic E-state index is -0.148. The molecule has 0 saturated heterocycles. The molecule has 4 aromatic heterocycles. The Bertz CT molecular complexity index is 1490. The summed E-state index contributed by atoms with van der Waals surface area (Å²) in [6, 6.07) is 13.0. The minimum absolute atomic E-state index is 0.0316. The first-order chi connectivity index (χ1) is 16.7. The smallest absolute Gasteiger partial charge is 0.253 e. The van der Waals surface area contributed by atoms with E-state index in [0.29, 0.717) is 27.4 Å². The number of pyridine rings is 2. The zero-order chi connectivity index (χ0) is 23.1. The number of hydrogen-bond donors (Lipinski definition) is 1. The van der Waals surface area contributed by atoms with Crippen LogP contribution >= 0.6 is 22.9 Å². The Kier molecular flexibility index (Phi) is 5.27. The van der Waals surface area contributed by atoms with E-state index in [1.165, 1.54) is 11.3 Å². The van der Waals surface area contributed by atoms with E-state index < -0.39 is 0 Å². The van der Waals surface area contributed by atoms with Gasteiger partial charge >= 0.3 is 0 Å². The maximum atomic E-state index is 13.0. The molecule has 0 bridgehead atoms. The van der Waals surface area contributed by atoms with Gasteiger partial charge in [0.1, 0.15) is 11.3 Å². The fraction of sp³-hybridized carbons (Fsp3) is 0.167. The highest BCUT2D eigenvalue weighted by Gasteiger charge is 2.36. The molecule has 1 N–H and O–H groups in total. The summed E-state index contributed by atoms with van der Waals surface area (Å²) in [4.78, 5) is 26.0. The molecular weight excluding hydrogens is 470 g/mol. The molecular formula is C24H18ClN7OS. The standard InChI is InChI=1S/C24H18ClN7OS/c25-17-4-1-2-6-19(17)32-21(30-31-22(32)24-28-10-11-34-24)14-12-15(13-14)29-23(33)16-7-9-26-18-5-3-8-27-20(16)18/h1-11,14-15H,12-13H2,(H,29,33)/t14-,15-. The van der Waals surface area contributed by atoms with Crippen LogP contribution in [0.5, 0.6) is 0 Å². The number of halogens is 1. The Balaban J connectivity index is 1.25. The number of benzene rings is 1. The van der Waals surface area contributed by atoms with Crippen LogP contribution in [0.4, 0.5) is 0 Å². The second-order valence-corrected chi connectivity index (χ2v) is 9.38. The molecule has 0 radical (unpaired) electrons. The molecule has 34 heavy (non-hydrogen) atoms. The Morgan fingerprint density at radius 3 is 2.71 bits per heavy atom. The van der Waals surface area contributed by atoms with Gasteiger partial charge in [0, 0.05) is 35.9 Å². The topological polar surface area (TPSA) is 98.5 Å². The third-order valence-electron chi connectivity index (χ3n) is 5.98. The van der Waals surface area contributed by atoms with Crippen LogP contribution in [0.3, 0.4) is 0 Å². The van der Waals surface area contributed by atoms with Crippen LogP contribution in [0.15, 0.2) is 66.4 Å². The molecule has 1 aliphatic rings. The Labute approximate surface area is 203 Å². The Morgan fingerprint density at radius 1 is 1.00 bits per heavy atom. The summed E-state index contributed by atoms with van der Waals surface area (Å²) < 4.78 is 1.99. The predicted octanol–water partition coefficient (Wildman–Crippen LogP) is 4.66. The normalized spacial score (nSPS) is 17.4. The van der Waals surface area contributed by atoms with Crippen molar-refractivity contribution in [2.45, 2.75) is 24.8 Å². The lowest BCUT2D eigenvalue weighted by atomic mass is 9.79. The molecule has 0 unspecified atom stereocenters. The van der Waals surface area contributed by atoms with Crippen LogP contribution in [0.2, 0.25) is 5.02 Å². The molecule has 1 saturated carbocycles. The zero-order valence-electron chi connectivity index (χ0n) is 17.8. The Hall–Kier alpha value is -3.69. The number of para-hydroxylation sites is 1. The number of hydrogen-bond acceptors (Lipinski definition) is 7. The van der Waals surface area contributed by atoms with Crippen LogP contribution in [0.1, 0.15) is 34.9 Å². The van der Waals surface area contributed by atoms with Crippen LogP contribution in [-0.4, -0.2) is 41.7 Å². The van der Waals surface area contributed by atoms with Gasteiger partial charge < -0.3 is 5.32 Å². The van der Waals surface area contributed by atoms with Crippen molar-refractivity contribution in [1.29, 1.82) is 0 Å². The average Bonchev–Trinajstić information content (AvgIpc) is 3.51. The van der Waals surface area contributed by atoms with E-state index in [1.54, 1.807) is 24.7 Å². The molecule has 0 aliphatic heterocycles. The molecule has 1 aromatic carbocycles. The van der Waals surface area contributed by atoms with E-state index in [9.17, 15) is 4.79 Å². The van der Waals surface area contributed by atoms with Gasteiger partial charge in [0.05, 0.1) is 21.8 Å². The van der Waals surface area contributed by atoms with Crippen LogP contribution in [0.25, 0.3) is 27.6 Å². The number of rotatable bonds is 5. The van der Waals surface area contributed by atoms with E-state index >= 15 is 0 Å². The SMILES string of the molecule is O=C(N[C@H]1C[C@H](c2nnc(-c3nccs3)n2-c2ccccc2Cl)C1)c1ccnc2cccnc12. The summed E-state index contributed by atoms with van der Waals surface area (Å²) in [5.41, 5.74) is 2.64. The van der Waals surface area contributed by atoms with Gasteiger partial charge in [-0.3, -0.25) is 19.3 Å². The average molecular weight is 488 g/mol. The maximum absolute atomic E-state index is 13.0. The van der Waals surface area contributed by atoms with Gasteiger partial charge in [0.15, 0.2) is 10.8 Å². The van der Waals surface area contributed by atoms with Crippen LogP contribution in [-0.2, 0) is 0 Å². The van der Waals surface area contributed by atoms with Crippen molar-refractivity contribution >= 4 is 39.9 Å². The number of thiazole rings is 1. The van der Waals surface area contributed by atoms with Gasteiger partial charge in [-0.15, -0.1) is 21.5 Å². The Morgan fingerprint density at radius 2 is 1.88 bits per heavy atom. The van der Waals surface area contributed by atoms with E-state index in [0.717, 1.165) is 29.4 Å². The van der Waals surface area contributed by atoms with Crippen LogP contribution < -0.4 is 5.32 Å². The number of fused-ring (bicyclic) bond motifs is 1. The van der Waals surface area contributed by atoms with Crippen molar-refractivity contribution in [1.82, 2.24) is 35.0 Å². The molecule has 0 spiro atoms. The second-order valence-electron chi connectivity index (χ2n) is 8.07. The monoisotopic (exact) mass is 487 g/mol. The molecule has 5 aromatic rings. The van der Waals surface area contributed by atoms with Gasteiger partial charge in [-0.2, -0.15) is 0 Å². The van der Waals surface area contributed by atoms with Crippen LogP contribution in [0, 0.1) is 0 Å². The summed E-state index contributed by atoms with van der Waals surface area (Å²) >= 11 is 8.04. The van der Waals surface area contributed by atoms with E-state index in [2.05, 4.69) is 30.5 Å². The predicted molar refractivity (Wildman–Crippen MR) is 130 cm³/mol. The van der Waals surface area contributed by atoms with E-state index in [-0.39, 0.29) is 17.9 Å². The van der Waals surface area contributed by atoms with Gasteiger partial charge in [0.2, 0.25) is 0 Å². The fourth-order valence-corrected chi connectivity index (χ4v) is 5.11. The summed E-state index contributed by atoms with van der Waals surface area (Å²) in [7, 11) is 0. The second kappa shape index (κ2) is 8.58. The largest absolute Gasteiger partial charge is 0.349 e. The third-order valence-corrected chi connectivity index (χ3v) is 7.07. The molecule has 4 heterocycles. The number of aromatic nitrogens is 6. The molecule has 168 valence electrons. The number of nitrogens with zero attached hydrogens (tertiary/aromatic N) is 6. The summed E-state index contributed by atoms with van der Waals surface area (Å²) in [5, 5.41) is 15.4. The zero-order valence-corrected chi connectivity index (χ0v) is 19.4. The molecule has 1 fully saturated rings. The van der Waals surface area contributed by atoms with Gasteiger partial charge in [-0.25, -0.2) is 4.98 Å². The molecule has 0 atom stereocenters. The van der Waals surface area contributed by atoms with Crippen molar-refractivity contribution in [3.8, 4) is 16.5 Å². The first-order valence-electron chi connectivity index (χ1n) is 10.8. The van der Waals surface area contributed by atoms with E-state index in [4.69, 9.17) is 11.6 Å². The number of carbonyl (C=O) groups excluding carboxylic acids is 1. The minimum Gasteiger partial charge on any atom is -0.349 e. The fourth-order valence-electron chi connectivity index (χ4n) is 4.28. The molecule has 1 aliphatic carbocycles. The van der Waals surface area contributed by atoms with Crippen molar-refractivity contribution in [3.63, 3.8) is 0 Å². The number of nitrogens with one attached hydrogen (secondary N) is 1. The lowest BCUT2D eigenvalue weighted by Crippen LogP contribution is -2.44. The highest BCUT2D eigenvalue weighted by molar-refractivity contribution is 7.13.